The number of carbonyl (C=O) groups excluding carboxylic acids is 3. The Hall–Kier alpha value is -4.27. The molecule has 2 amide bonds. The molecular weight excluding hydrogens is 588 g/mol. The van der Waals surface area contributed by atoms with E-state index < -0.39 is 5.54 Å². The smallest absolute Gasteiger partial charge is 0.252 e. The van der Waals surface area contributed by atoms with Gasteiger partial charge in [-0.1, -0.05) is 63.3 Å². The third kappa shape index (κ3) is 10.6. The van der Waals surface area contributed by atoms with Gasteiger partial charge < -0.3 is 25.6 Å². The second-order valence-electron chi connectivity index (χ2n) is 11.9. The number of carbonyl (C=O) groups is 3. The van der Waals surface area contributed by atoms with Crippen LogP contribution in [0.3, 0.4) is 0 Å². The van der Waals surface area contributed by atoms with Crippen LogP contribution in [-0.2, 0) is 14.3 Å². The quantitative estimate of drug-likeness (QED) is 0.0636. The molecule has 1 aliphatic rings. The summed E-state index contributed by atoms with van der Waals surface area (Å²) >= 11 is 0. The van der Waals surface area contributed by atoms with Crippen LogP contribution in [0.5, 0.6) is 0 Å². The Kier molecular flexibility index (Phi) is 15.4. The number of piperidine rings is 1. The Bertz CT molecular complexity index is 1390. The van der Waals surface area contributed by atoms with E-state index in [0.717, 1.165) is 54.4 Å². The number of rotatable bonds is 20. The van der Waals surface area contributed by atoms with Crippen molar-refractivity contribution in [3.05, 3.63) is 97.1 Å². The number of benzene rings is 2. The Morgan fingerprint density at radius 1 is 1.06 bits per heavy atom. The average molecular weight is 641 g/mol. The molecule has 0 radical (unpaired) electrons. The molecule has 8 heteroatoms. The minimum atomic E-state index is -1.09. The SMILES string of the molecule is C=CCCN(CCOCC=C)c1cc(C(=O)NC2(C(=O)Nc3ccc(/C=C/C=O)cc3)CCNCC2)ccc1C(=C)C(CC)CCC. The van der Waals surface area contributed by atoms with Crippen LogP contribution in [0.2, 0.25) is 0 Å². The lowest BCUT2D eigenvalue weighted by molar-refractivity contribution is -0.123. The van der Waals surface area contributed by atoms with Crippen molar-refractivity contribution in [1.82, 2.24) is 10.6 Å². The van der Waals surface area contributed by atoms with Gasteiger partial charge in [-0.15, -0.1) is 13.2 Å². The van der Waals surface area contributed by atoms with E-state index in [2.05, 4.69) is 54.4 Å². The lowest BCUT2D eigenvalue weighted by atomic mass is 9.85. The van der Waals surface area contributed by atoms with Gasteiger partial charge >= 0.3 is 0 Å². The van der Waals surface area contributed by atoms with Gasteiger partial charge in [0.15, 0.2) is 0 Å². The molecular formula is C39H52N4O4. The highest BCUT2D eigenvalue weighted by Crippen LogP contribution is 2.36. The van der Waals surface area contributed by atoms with Crippen molar-refractivity contribution in [3.8, 4) is 0 Å². The highest BCUT2D eigenvalue weighted by molar-refractivity contribution is 6.04. The number of hydrogen-bond donors (Lipinski definition) is 3. The van der Waals surface area contributed by atoms with E-state index in [1.54, 1.807) is 24.3 Å². The summed E-state index contributed by atoms with van der Waals surface area (Å²) in [5.41, 5.74) is 3.86. The van der Waals surface area contributed by atoms with Gasteiger partial charge in [0.1, 0.15) is 11.8 Å². The van der Waals surface area contributed by atoms with E-state index in [9.17, 15) is 14.4 Å². The van der Waals surface area contributed by atoms with Crippen LogP contribution in [0.4, 0.5) is 11.4 Å². The summed E-state index contributed by atoms with van der Waals surface area (Å²) in [4.78, 5) is 40.8. The fraction of sp³-hybridized carbons (Fsp3) is 0.410. The summed E-state index contributed by atoms with van der Waals surface area (Å²) in [6.45, 7) is 20.1. The Morgan fingerprint density at radius 2 is 1.81 bits per heavy atom. The zero-order valence-electron chi connectivity index (χ0n) is 28.2. The molecule has 1 atom stereocenters. The van der Waals surface area contributed by atoms with E-state index in [1.165, 1.54) is 6.08 Å². The number of nitrogens with one attached hydrogen (secondary N) is 3. The van der Waals surface area contributed by atoms with Gasteiger partial charge in [0, 0.05) is 35.6 Å². The molecule has 0 saturated carbocycles. The summed E-state index contributed by atoms with van der Waals surface area (Å²) in [6.07, 6.45) is 12.2. The van der Waals surface area contributed by atoms with Crippen LogP contribution in [0.1, 0.15) is 73.9 Å². The number of nitrogens with zero attached hydrogens (tertiary/aromatic N) is 1. The molecule has 1 fully saturated rings. The van der Waals surface area contributed by atoms with Gasteiger partial charge in [-0.3, -0.25) is 14.4 Å². The number of anilines is 2. The number of aldehydes is 1. The summed E-state index contributed by atoms with van der Waals surface area (Å²) in [5.74, 6) is -0.235. The van der Waals surface area contributed by atoms with Crippen LogP contribution in [0.15, 0.2) is 80.4 Å². The van der Waals surface area contributed by atoms with Crippen molar-refractivity contribution in [2.75, 3.05) is 49.6 Å². The van der Waals surface area contributed by atoms with E-state index >= 15 is 0 Å². The Labute approximate surface area is 281 Å². The molecule has 3 rings (SSSR count). The second-order valence-corrected chi connectivity index (χ2v) is 11.9. The predicted octanol–water partition coefficient (Wildman–Crippen LogP) is 6.81. The number of ether oxygens (including phenoxy) is 1. The number of hydrogen-bond acceptors (Lipinski definition) is 6. The van der Waals surface area contributed by atoms with Gasteiger partial charge in [-0.05, 0) is 92.6 Å². The third-order valence-electron chi connectivity index (χ3n) is 8.69. The maximum absolute atomic E-state index is 14.0. The summed E-state index contributed by atoms with van der Waals surface area (Å²) in [6, 6.07) is 13.0. The van der Waals surface area contributed by atoms with Crippen molar-refractivity contribution in [2.24, 2.45) is 5.92 Å². The topological polar surface area (TPSA) is 99.8 Å². The number of allylic oxidation sites excluding steroid dienone is 2. The molecule has 8 nitrogen and oxygen atoms in total. The van der Waals surface area contributed by atoms with E-state index in [0.29, 0.717) is 69.4 Å². The zero-order valence-corrected chi connectivity index (χ0v) is 28.2. The Balaban J connectivity index is 1.95. The molecule has 2 aromatic carbocycles. The standard InChI is InChI=1S/C39H52N4O4/c1-6-10-24-43(25-28-47-27-8-3)36-29-33(16-19-35(36)30(5)32(9-4)12-7-2)37(45)42-39(20-22-40-23-21-39)38(46)41-34-17-14-31(15-18-34)13-11-26-44/h6,8,11,13-19,26,29,32,40H,1,3,5,7,9-10,12,20-25,27-28H2,2,4H3,(H,41,46)(H,42,45)/b13-11+. The highest BCUT2D eigenvalue weighted by Gasteiger charge is 2.41. The first-order valence-electron chi connectivity index (χ1n) is 16.8. The fourth-order valence-electron chi connectivity index (χ4n) is 5.97. The Morgan fingerprint density at radius 3 is 2.45 bits per heavy atom. The molecule has 0 aliphatic carbocycles. The fourth-order valence-corrected chi connectivity index (χ4v) is 5.97. The first kappa shape index (κ1) is 37.2. The monoisotopic (exact) mass is 640 g/mol. The minimum Gasteiger partial charge on any atom is -0.376 e. The maximum atomic E-state index is 14.0. The van der Waals surface area contributed by atoms with Crippen molar-refractivity contribution >= 4 is 41.1 Å². The third-order valence-corrected chi connectivity index (χ3v) is 8.69. The molecule has 0 aromatic heterocycles. The minimum absolute atomic E-state index is 0.258. The summed E-state index contributed by atoms with van der Waals surface area (Å²) in [5, 5.41) is 9.46. The van der Waals surface area contributed by atoms with Crippen molar-refractivity contribution < 1.29 is 19.1 Å². The molecule has 0 spiro atoms. The number of amides is 2. The van der Waals surface area contributed by atoms with Gasteiger partial charge in [-0.25, -0.2) is 0 Å². The predicted molar refractivity (Wildman–Crippen MR) is 195 cm³/mol. The van der Waals surface area contributed by atoms with Gasteiger partial charge in [0.2, 0.25) is 5.91 Å². The van der Waals surface area contributed by atoms with Crippen molar-refractivity contribution in [3.63, 3.8) is 0 Å². The molecule has 1 saturated heterocycles. The molecule has 3 N–H and O–H groups in total. The molecule has 47 heavy (non-hydrogen) atoms. The lowest BCUT2D eigenvalue weighted by Gasteiger charge is -2.37. The molecule has 0 bridgehead atoms. The second kappa shape index (κ2) is 19.4. The normalized spacial score (nSPS) is 14.6. The first-order valence-corrected chi connectivity index (χ1v) is 16.8. The first-order chi connectivity index (χ1) is 22.8. The van der Waals surface area contributed by atoms with Crippen LogP contribution in [0, 0.1) is 5.92 Å². The molecule has 1 heterocycles. The van der Waals surface area contributed by atoms with E-state index in [-0.39, 0.29) is 11.8 Å². The van der Waals surface area contributed by atoms with Crippen LogP contribution in [-0.4, -0.2) is 63.0 Å². The molecule has 252 valence electrons. The van der Waals surface area contributed by atoms with E-state index in [4.69, 9.17) is 4.74 Å². The zero-order chi connectivity index (χ0) is 34.1. The highest BCUT2D eigenvalue weighted by atomic mass is 16.5. The summed E-state index contributed by atoms with van der Waals surface area (Å²) in [7, 11) is 0. The van der Waals surface area contributed by atoms with Crippen LogP contribution >= 0.6 is 0 Å². The molecule has 1 aliphatic heterocycles. The van der Waals surface area contributed by atoms with Gasteiger partial charge in [-0.2, -0.15) is 0 Å². The largest absolute Gasteiger partial charge is 0.376 e. The van der Waals surface area contributed by atoms with Gasteiger partial charge in [0.25, 0.3) is 5.91 Å². The lowest BCUT2D eigenvalue weighted by Crippen LogP contribution is -2.61. The maximum Gasteiger partial charge on any atom is 0.252 e. The van der Waals surface area contributed by atoms with Crippen LogP contribution in [0.25, 0.3) is 11.6 Å². The average Bonchev–Trinajstić information content (AvgIpc) is 3.09. The van der Waals surface area contributed by atoms with E-state index in [1.807, 2.05) is 36.4 Å². The molecule has 2 aromatic rings. The van der Waals surface area contributed by atoms with Crippen LogP contribution < -0.4 is 20.9 Å². The van der Waals surface area contributed by atoms with Crippen molar-refractivity contribution in [1.29, 1.82) is 0 Å². The van der Waals surface area contributed by atoms with Gasteiger partial charge in [0.05, 0.1) is 13.2 Å². The van der Waals surface area contributed by atoms with Crippen molar-refractivity contribution in [2.45, 2.75) is 57.9 Å². The summed E-state index contributed by atoms with van der Waals surface area (Å²) < 4.78 is 5.76. The molecule has 1 unspecified atom stereocenters.